The second-order valence-electron chi connectivity index (χ2n) is 5.61. The third-order valence-corrected chi connectivity index (χ3v) is 4.72. The number of rotatable bonds is 3. The lowest BCUT2D eigenvalue weighted by atomic mass is 10.1. The Hall–Kier alpha value is -2.33. The summed E-state index contributed by atoms with van der Waals surface area (Å²) < 4.78 is 0. The normalized spacial score (nSPS) is 16.4. The third-order valence-electron chi connectivity index (χ3n) is 3.81. The predicted octanol–water partition coefficient (Wildman–Crippen LogP) is 4.54. The van der Waals surface area contributed by atoms with Crippen molar-refractivity contribution in [3.63, 3.8) is 0 Å². The van der Waals surface area contributed by atoms with E-state index >= 15 is 0 Å². The summed E-state index contributed by atoms with van der Waals surface area (Å²) in [5.41, 5.74) is 4.16. The molecule has 1 saturated heterocycles. The van der Waals surface area contributed by atoms with Gasteiger partial charge in [0.05, 0.1) is 11.4 Å². The van der Waals surface area contributed by atoms with E-state index in [0.717, 1.165) is 34.0 Å². The Balaban J connectivity index is 1.82. The van der Waals surface area contributed by atoms with Crippen LogP contribution in [0.1, 0.15) is 22.3 Å². The Morgan fingerprint density at radius 3 is 2.39 bits per heavy atom. The molecule has 1 heterocycles. The van der Waals surface area contributed by atoms with Gasteiger partial charge in [0.15, 0.2) is 0 Å². The van der Waals surface area contributed by atoms with Crippen molar-refractivity contribution >= 4 is 29.0 Å². The number of hydrogen-bond donors (Lipinski definition) is 0. The molecule has 0 saturated carbocycles. The summed E-state index contributed by atoms with van der Waals surface area (Å²) in [7, 11) is 0. The monoisotopic (exact) mass is 323 g/mol. The SMILES string of the molecule is Cc1ccc(CN2C(=O)SC(=Cc3ccccc3C)C2=O)cc1. The molecule has 0 aromatic heterocycles. The Morgan fingerprint density at radius 1 is 1.00 bits per heavy atom. The molecule has 2 aromatic carbocycles. The van der Waals surface area contributed by atoms with Gasteiger partial charge in [-0.3, -0.25) is 14.5 Å². The molecule has 1 aliphatic heterocycles. The van der Waals surface area contributed by atoms with Crippen LogP contribution in [-0.4, -0.2) is 16.0 Å². The summed E-state index contributed by atoms with van der Waals surface area (Å²) in [6, 6.07) is 15.7. The van der Waals surface area contributed by atoms with Gasteiger partial charge in [0.2, 0.25) is 0 Å². The minimum atomic E-state index is -0.219. The van der Waals surface area contributed by atoms with Crippen LogP contribution < -0.4 is 0 Å². The molecule has 1 fully saturated rings. The van der Waals surface area contributed by atoms with Gasteiger partial charge < -0.3 is 0 Å². The molecule has 0 unspecified atom stereocenters. The van der Waals surface area contributed by atoms with E-state index in [1.807, 2.05) is 62.4 Å². The summed E-state index contributed by atoms with van der Waals surface area (Å²) in [6.07, 6.45) is 1.80. The number of imide groups is 1. The van der Waals surface area contributed by atoms with Crippen molar-refractivity contribution in [1.29, 1.82) is 0 Å². The lowest BCUT2D eigenvalue weighted by molar-refractivity contribution is -0.123. The van der Waals surface area contributed by atoms with Gasteiger partial charge in [-0.1, -0.05) is 54.1 Å². The zero-order chi connectivity index (χ0) is 16.4. The van der Waals surface area contributed by atoms with Crippen molar-refractivity contribution in [2.24, 2.45) is 0 Å². The Bertz CT molecular complexity index is 793. The van der Waals surface area contributed by atoms with Crippen molar-refractivity contribution in [1.82, 2.24) is 4.90 Å². The van der Waals surface area contributed by atoms with Crippen molar-refractivity contribution in [2.75, 3.05) is 0 Å². The molecule has 116 valence electrons. The van der Waals surface area contributed by atoms with E-state index in [1.54, 1.807) is 6.08 Å². The topological polar surface area (TPSA) is 37.4 Å². The first kappa shape index (κ1) is 15.6. The largest absolute Gasteiger partial charge is 0.293 e. The van der Waals surface area contributed by atoms with E-state index < -0.39 is 0 Å². The fourth-order valence-corrected chi connectivity index (χ4v) is 3.23. The first-order chi connectivity index (χ1) is 11.0. The van der Waals surface area contributed by atoms with Crippen LogP contribution in [0, 0.1) is 13.8 Å². The number of benzene rings is 2. The molecule has 2 aromatic rings. The van der Waals surface area contributed by atoms with Crippen molar-refractivity contribution in [3.05, 3.63) is 75.7 Å². The van der Waals surface area contributed by atoms with E-state index in [9.17, 15) is 9.59 Å². The number of aryl methyl sites for hydroxylation is 2. The van der Waals surface area contributed by atoms with Crippen LogP contribution in [0.25, 0.3) is 6.08 Å². The minimum Gasteiger partial charge on any atom is -0.268 e. The van der Waals surface area contributed by atoms with Crippen LogP contribution in [0.5, 0.6) is 0 Å². The first-order valence-corrected chi connectivity index (χ1v) is 8.23. The lowest BCUT2D eigenvalue weighted by Gasteiger charge is -2.12. The second kappa shape index (κ2) is 6.42. The molecule has 23 heavy (non-hydrogen) atoms. The zero-order valence-corrected chi connectivity index (χ0v) is 13.9. The van der Waals surface area contributed by atoms with Gasteiger partial charge in [-0.05, 0) is 48.4 Å². The molecule has 0 spiro atoms. The average molecular weight is 323 g/mol. The highest BCUT2D eigenvalue weighted by Crippen LogP contribution is 2.33. The highest BCUT2D eigenvalue weighted by atomic mass is 32.2. The number of carbonyl (C=O) groups is 2. The minimum absolute atomic E-state index is 0.213. The van der Waals surface area contributed by atoms with Gasteiger partial charge in [-0.15, -0.1) is 0 Å². The summed E-state index contributed by atoms with van der Waals surface area (Å²) >= 11 is 1.01. The smallest absolute Gasteiger partial charge is 0.268 e. The molecule has 3 rings (SSSR count). The van der Waals surface area contributed by atoms with Crippen molar-refractivity contribution in [2.45, 2.75) is 20.4 Å². The highest BCUT2D eigenvalue weighted by Gasteiger charge is 2.34. The molecule has 0 radical (unpaired) electrons. The van der Waals surface area contributed by atoms with Gasteiger partial charge >= 0.3 is 0 Å². The highest BCUT2D eigenvalue weighted by molar-refractivity contribution is 8.18. The van der Waals surface area contributed by atoms with Crippen molar-refractivity contribution < 1.29 is 9.59 Å². The number of nitrogens with zero attached hydrogens (tertiary/aromatic N) is 1. The zero-order valence-electron chi connectivity index (χ0n) is 13.1. The molecular formula is C19H17NO2S. The van der Waals surface area contributed by atoms with Crippen LogP contribution in [-0.2, 0) is 11.3 Å². The van der Waals surface area contributed by atoms with Gasteiger partial charge in [-0.2, -0.15) is 0 Å². The van der Waals surface area contributed by atoms with E-state index in [0.29, 0.717) is 11.4 Å². The summed E-state index contributed by atoms with van der Waals surface area (Å²) in [5, 5.41) is -0.213. The Kier molecular flexibility index (Phi) is 4.35. The molecular weight excluding hydrogens is 306 g/mol. The molecule has 0 N–H and O–H groups in total. The number of carbonyl (C=O) groups excluding carboxylic acids is 2. The fraction of sp³-hybridized carbons (Fsp3) is 0.158. The van der Waals surface area contributed by atoms with Gasteiger partial charge in [-0.25, -0.2) is 0 Å². The molecule has 0 atom stereocenters. The first-order valence-electron chi connectivity index (χ1n) is 7.41. The van der Waals surface area contributed by atoms with Gasteiger partial charge in [0.1, 0.15) is 0 Å². The quantitative estimate of drug-likeness (QED) is 0.778. The molecule has 2 amide bonds. The average Bonchev–Trinajstić information content (AvgIpc) is 2.79. The van der Waals surface area contributed by atoms with Crippen LogP contribution in [0.2, 0.25) is 0 Å². The molecule has 0 aliphatic carbocycles. The molecule has 3 nitrogen and oxygen atoms in total. The maximum absolute atomic E-state index is 12.5. The van der Waals surface area contributed by atoms with Crippen LogP contribution in [0.4, 0.5) is 4.79 Å². The second-order valence-corrected chi connectivity index (χ2v) is 6.60. The maximum Gasteiger partial charge on any atom is 0.293 e. The van der Waals surface area contributed by atoms with Crippen LogP contribution >= 0.6 is 11.8 Å². The lowest BCUT2D eigenvalue weighted by Crippen LogP contribution is -2.27. The molecule has 4 heteroatoms. The molecule has 1 aliphatic rings. The summed E-state index contributed by atoms with van der Waals surface area (Å²) in [5.74, 6) is -0.219. The van der Waals surface area contributed by atoms with Crippen molar-refractivity contribution in [3.8, 4) is 0 Å². The maximum atomic E-state index is 12.5. The number of hydrogen-bond acceptors (Lipinski definition) is 3. The summed E-state index contributed by atoms with van der Waals surface area (Å²) in [4.78, 5) is 26.5. The van der Waals surface area contributed by atoms with E-state index in [4.69, 9.17) is 0 Å². The number of amides is 2. The number of thioether (sulfide) groups is 1. The Morgan fingerprint density at radius 2 is 1.70 bits per heavy atom. The predicted molar refractivity (Wildman–Crippen MR) is 93.9 cm³/mol. The third kappa shape index (κ3) is 3.37. The Labute approximate surface area is 140 Å². The van der Waals surface area contributed by atoms with Gasteiger partial charge in [0.25, 0.3) is 11.1 Å². The summed E-state index contributed by atoms with van der Waals surface area (Å²) in [6.45, 7) is 4.31. The van der Waals surface area contributed by atoms with Crippen LogP contribution in [0.15, 0.2) is 53.4 Å². The standard InChI is InChI=1S/C19H17NO2S/c1-13-7-9-15(10-8-13)12-20-18(21)17(23-19(20)22)11-16-6-4-3-5-14(16)2/h3-11H,12H2,1-2H3. The van der Waals surface area contributed by atoms with Crippen LogP contribution in [0.3, 0.4) is 0 Å². The van der Waals surface area contributed by atoms with E-state index in [2.05, 4.69) is 0 Å². The van der Waals surface area contributed by atoms with E-state index in [-0.39, 0.29) is 11.1 Å². The fourth-order valence-electron chi connectivity index (χ4n) is 2.40. The van der Waals surface area contributed by atoms with Gasteiger partial charge in [0, 0.05) is 0 Å². The molecule has 0 bridgehead atoms. The van der Waals surface area contributed by atoms with E-state index in [1.165, 1.54) is 4.90 Å².